The van der Waals surface area contributed by atoms with Crippen LogP contribution in [0.5, 0.6) is 0 Å². The van der Waals surface area contributed by atoms with Gasteiger partial charge >= 0.3 is 6.18 Å². The van der Waals surface area contributed by atoms with Crippen LogP contribution >= 0.6 is 24.0 Å². The molecule has 1 heterocycles. The summed E-state index contributed by atoms with van der Waals surface area (Å²) in [4.78, 5) is 1.50. The topological polar surface area (TPSA) is 15.3 Å². The molecule has 1 N–H and O–H groups in total. The Morgan fingerprint density at radius 1 is 1.23 bits per heavy atom. The maximum absolute atomic E-state index is 14.1. The van der Waals surface area contributed by atoms with Crippen LogP contribution in [0.15, 0.2) is 12.1 Å². The Hall–Kier alpha value is -0.630. The molecule has 0 aliphatic carbocycles. The van der Waals surface area contributed by atoms with Crippen LogP contribution in [0.3, 0.4) is 0 Å². The van der Waals surface area contributed by atoms with E-state index in [2.05, 4.69) is 5.32 Å². The van der Waals surface area contributed by atoms with E-state index in [4.69, 9.17) is 11.6 Å². The SMILES string of the molecule is Cl.FC[C@H](c1c(C(F)(F)F)ccc(Cl)c1F)N1CCNCC1. The fourth-order valence-corrected chi connectivity index (χ4v) is 2.66. The van der Waals surface area contributed by atoms with Crippen molar-refractivity contribution in [2.45, 2.75) is 12.2 Å². The van der Waals surface area contributed by atoms with Gasteiger partial charge in [-0.05, 0) is 12.1 Å². The number of halogens is 7. The number of nitrogens with one attached hydrogen (secondary N) is 1. The fraction of sp³-hybridized carbons (Fsp3) is 0.538. The van der Waals surface area contributed by atoms with Gasteiger partial charge in [0.1, 0.15) is 12.5 Å². The molecule has 0 saturated carbocycles. The second-order valence-electron chi connectivity index (χ2n) is 4.78. The van der Waals surface area contributed by atoms with Gasteiger partial charge in [0.2, 0.25) is 0 Å². The maximum atomic E-state index is 14.1. The molecule has 0 aromatic heterocycles. The molecule has 0 amide bonds. The number of alkyl halides is 4. The van der Waals surface area contributed by atoms with Gasteiger partial charge in [0.05, 0.1) is 16.6 Å². The minimum atomic E-state index is -4.76. The zero-order valence-electron chi connectivity index (χ0n) is 11.4. The minimum absolute atomic E-state index is 0. The summed E-state index contributed by atoms with van der Waals surface area (Å²) >= 11 is 5.58. The fourth-order valence-electron chi connectivity index (χ4n) is 2.49. The van der Waals surface area contributed by atoms with Gasteiger partial charge < -0.3 is 5.32 Å². The highest BCUT2D eigenvalue weighted by Gasteiger charge is 2.39. The van der Waals surface area contributed by atoms with Gasteiger partial charge in [-0.1, -0.05) is 11.6 Å². The molecule has 0 radical (unpaired) electrons. The molecule has 1 aromatic rings. The number of nitrogens with zero attached hydrogens (tertiary/aromatic N) is 1. The van der Waals surface area contributed by atoms with Gasteiger partial charge in [-0.2, -0.15) is 13.2 Å². The Balaban J connectivity index is 0.00000242. The van der Waals surface area contributed by atoms with Crippen LogP contribution in [0.4, 0.5) is 22.0 Å². The minimum Gasteiger partial charge on any atom is -0.314 e. The zero-order valence-corrected chi connectivity index (χ0v) is 13.0. The van der Waals surface area contributed by atoms with Crippen molar-refractivity contribution >= 4 is 24.0 Å². The molecule has 1 aromatic carbocycles. The van der Waals surface area contributed by atoms with Crippen LogP contribution < -0.4 is 5.32 Å². The van der Waals surface area contributed by atoms with Crippen LogP contribution in [0.1, 0.15) is 17.2 Å². The van der Waals surface area contributed by atoms with Gasteiger partial charge in [-0.25, -0.2) is 8.78 Å². The normalized spacial score (nSPS) is 17.9. The molecule has 1 saturated heterocycles. The second-order valence-corrected chi connectivity index (χ2v) is 5.18. The third-order valence-corrected chi connectivity index (χ3v) is 3.80. The number of benzene rings is 1. The Morgan fingerprint density at radius 3 is 2.32 bits per heavy atom. The highest BCUT2D eigenvalue weighted by Crippen LogP contribution is 2.40. The first-order chi connectivity index (χ1) is 9.86. The van der Waals surface area contributed by atoms with Crippen molar-refractivity contribution in [3.05, 3.63) is 34.1 Å². The van der Waals surface area contributed by atoms with E-state index < -0.39 is 40.9 Å². The summed E-state index contributed by atoms with van der Waals surface area (Å²) in [6.07, 6.45) is -4.76. The number of hydrogen-bond donors (Lipinski definition) is 1. The smallest absolute Gasteiger partial charge is 0.314 e. The van der Waals surface area contributed by atoms with Crippen molar-refractivity contribution < 1.29 is 22.0 Å². The van der Waals surface area contributed by atoms with E-state index in [0.717, 1.165) is 6.07 Å². The molecule has 126 valence electrons. The Kier molecular flexibility index (Phi) is 6.85. The second kappa shape index (κ2) is 7.77. The predicted molar refractivity (Wildman–Crippen MR) is 76.8 cm³/mol. The van der Waals surface area contributed by atoms with Crippen molar-refractivity contribution in [2.24, 2.45) is 0 Å². The molecule has 0 spiro atoms. The molecule has 1 fully saturated rings. The van der Waals surface area contributed by atoms with Crippen LogP contribution in [-0.2, 0) is 6.18 Å². The third-order valence-electron chi connectivity index (χ3n) is 3.51. The maximum Gasteiger partial charge on any atom is 0.416 e. The summed E-state index contributed by atoms with van der Waals surface area (Å²) in [7, 11) is 0. The number of piperazine rings is 1. The van der Waals surface area contributed by atoms with Crippen molar-refractivity contribution in [1.29, 1.82) is 0 Å². The molecule has 0 bridgehead atoms. The molecule has 2 rings (SSSR count). The third kappa shape index (κ3) is 4.01. The summed E-state index contributed by atoms with van der Waals surface area (Å²) in [6, 6.07) is 0.254. The van der Waals surface area contributed by atoms with Crippen LogP contribution in [-0.4, -0.2) is 37.8 Å². The lowest BCUT2D eigenvalue weighted by Crippen LogP contribution is -2.46. The van der Waals surface area contributed by atoms with Gasteiger partial charge in [-0.15, -0.1) is 12.4 Å². The van der Waals surface area contributed by atoms with Crippen molar-refractivity contribution in [2.75, 3.05) is 32.9 Å². The Morgan fingerprint density at radius 2 is 1.82 bits per heavy atom. The lowest BCUT2D eigenvalue weighted by Gasteiger charge is -2.35. The lowest BCUT2D eigenvalue weighted by atomic mass is 9.98. The van der Waals surface area contributed by atoms with E-state index in [1.54, 1.807) is 0 Å². The Labute approximate surface area is 136 Å². The highest BCUT2D eigenvalue weighted by molar-refractivity contribution is 6.30. The molecule has 22 heavy (non-hydrogen) atoms. The molecule has 0 unspecified atom stereocenters. The molecule has 9 heteroatoms. The van der Waals surface area contributed by atoms with Crippen molar-refractivity contribution in [3.8, 4) is 0 Å². The first kappa shape index (κ1) is 19.4. The molecule has 1 aliphatic rings. The summed E-state index contributed by atoms with van der Waals surface area (Å²) in [5.74, 6) is -1.20. The van der Waals surface area contributed by atoms with Crippen LogP contribution in [0, 0.1) is 5.82 Å². The van der Waals surface area contributed by atoms with E-state index >= 15 is 0 Å². The van der Waals surface area contributed by atoms with E-state index in [1.165, 1.54) is 4.90 Å². The molecular formula is C13H15Cl2F5N2. The monoisotopic (exact) mass is 364 g/mol. The number of hydrogen-bond acceptors (Lipinski definition) is 2. The van der Waals surface area contributed by atoms with E-state index in [1.807, 2.05) is 0 Å². The molecule has 2 nitrogen and oxygen atoms in total. The molecule has 1 atom stereocenters. The van der Waals surface area contributed by atoms with Crippen molar-refractivity contribution in [1.82, 2.24) is 10.2 Å². The van der Waals surface area contributed by atoms with Gasteiger partial charge in [0.15, 0.2) is 0 Å². The standard InChI is InChI=1S/C13H14ClF5N2.ClH/c14-9-2-1-8(13(17,18)19)11(12(9)16)10(7-15)21-5-3-20-4-6-21;/h1-2,10,20H,3-7H2;1H/t10-;/m1./s1. The van der Waals surface area contributed by atoms with Gasteiger partial charge in [0, 0.05) is 31.7 Å². The van der Waals surface area contributed by atoms with Gasteiger partial charge in [0.25, 0.3) is 0 Å². The molecule has 1 aliphatic heterocycles. The first-order valence-corrected chi connectivity index (χ1v) is 6.80. The first-order valence-electron chi connectivity index (χ1n) is 6.42. The quantitative estimate of drug-likeness (QED) is 0.819. The largest absolute Gasteiger partial charge is 0.416 e. The van der Waals surface area contributed by atoms with E-state index in [0.29, 0.717) is 32.2 Å². The van der Waals surface area contributed by atoms with Gasteiger partial charge in [-0.3, -0.25) is 4.90 Å². The number of rotatable bonds is 3. The highest BCUT2D eigenvalue weighted by atomic mass is 35.5. The van der Waals surface area contributed by atoms with Crippen LogP contribution in [0.2, 0.25) is 5.02 Å². The van der Waals surface area contributed by atoms with E-state index in [-0.39, 0.29) is 12.4 Å². The summed E-state index contributed by atoms with van der Waals surface area (Å²) in [5.41, 5.74) is -1.88. The Bertz CT molecular complexity index is 504. The van der Waals surface area contributed by atoms with E-state index in [9.17, 15) is 22.0 Å². The summed E-state index contributed by atoms with van der Waals surface area (Å²) < 4.78 is 66.7. The average molecular weight is 365 g/mol. The lowest BCUT2D eigenvalue weighted by molar-refractivity contribution is -0.139. The summed E-state index contributed by atoms with van der Waals surface area (Å²) in [5, 5.41) is 2.57. The summed E-state index contributed by atoms with van der Waals surface area (Å²) in [6.45, 7) is 0.607. The van der Waals surface area contributed by atoms with Crippen molar-refractivity contribution in [3.63, 3.8) is 0 Å². The zero-order chi connectivity index (χ0) is 15.6. The average Bonchev–Trinajstić information content (AvgIpc) is 2.44. The van der Waals surface area contributed by atoms with Crippen LogP contribution in [0.25, 0.3) is 0 Å². The predicted octanol–water partition coefficient (Wildman–Crippen LogP) is 3.84. The molecular weight excluding hydrogens is 350 g/mol.